The number of esters is 1. The SMILES string of the molecule is CCCOC(=O)c1c(NC(=O)c2cc([N+](=O)[O-])[nH]n2)sc(C(N)=O)c1C. The van der Waals surface area contributed by atoms with E-state index in [-0.39, 0.29) is 33.3 Å². The van der Waals surface area contributed by atoms with E-state index in [1.54, 1.807) is 0 Å². The normalized spacial score (nSPS) is 10.4. The number of anilines is 1. The Bertz CT molecular complexity index is 887. The number of rotatable bonds is 7. The number of nitrogens with one attached hydrogen (secondary N) is 2. The summed E-state index contributed by atoms with van der Waals surface area (Å²) < 4.78 is 5.07. The Hall–Kier alpha value is -3.28. The standard InChI is InChI=1S/C14H15N5O6S/c1-3-4-25-14(22)9-6(2)10(11(15)20)26-13(9)16-12(21)7-5-8(18-17-7)19(23)24/h5H,3-4H2,1-2H3,(H2,15,20)(H,16,21)(H,17,18). The highest BCUT2D eigenvalue weighted by molar-refractivity contribution is 7.18. The Labute approximate surface area is 150 Å². The van der Waals surface area contributed by atoms with Gasteiger partial charge in [-0.3, -0.25) is 9.59 Å². The van der Waals surface area contributed by atoms with Gasteiger partial charge < -0.3 is 25.9 Å². The summed E-state index contributed by atoms with van der Waals surface area (Å²) in [7, 11) is 0. The third kappa shape index (κ3) is 3.85. The molecular formula is C14H15N5O6S. The molecule has 0 saturated heterocycles. The molecule has 26 heavy (non-hydrogen) atoms. The molecule has 12 heteroatoms. The highest BCUT2D eigenvalue weighted by Crippen LogP contribution is 2.33. The van der Waals surface area contributed by atoms with Crippen molar-refractivity contribution in [1.82, 2.24) is 10.2 Å². The number of nitrogens with zero attached hydrogens (tertiary/aromatic N) is 2. The molecule has 2 amide bonds. The molecule has 2 heterocycles. The smallest absolute Gasteiger partial charge is 0.343 e. The molecular weight excluding hydrogens is 366 g/mol. The van der Waals surface area contributed by atoms with E-state index in [4.69, 9.17) is 10.5 Å². The highest BCUT2D eigenvalue weighted by Gasteiger charge is 2.27. The average molecular weight is 381 g/mol. The molecule has 4 N–H and O–H groups in total. The molecule has 0 bridgehead atoms. The topological polar surface area (TPSA) is 170 Å². The van der Waals surface area contributed by atoms with Crippen molar-refractivity contribution in [1.29, 1.82) is 0 Å². The second kappa shape index (κ2) is 7.74. The number of aromatic nitrogens is 2. The molecule has 2 aromatic heterocycles. The van der Waals surface area contributed by atoms with Gasteiger partial charge in [0.25, 0.3) is 11.8 Å². The fourth-order valence-electron chi connectivity index (χ4n) is 2.04. The van der Waals surface area contributed by atoms with Crippen LogP contribution in [0.2, 0.25) is 0 Å². The zero-order valence-electron chi connectivity index (χ0n) is 13.8. The van der Waals surface area contributed by atoms with Gasteiger partial charge in [0.1, 0.15) is 5.00 Å². The summed E-state index contributed by atoms with van der Waals surface area (Å²) in [6.07, 6.45) is 0.593. The minimum atomic E-state index is -0.795. The lowest BCUT2D eigenvalue weighted by Gasteiger charge is -2.06. The summed E-state index contributed by atoms with van der Waals surface area (Å²) in [5, 5.41) is 18.8. The van der Waals surface area contributed by atoms with E-state index in [1.165, 1.54) is 6.92 Å². The monoisotopic (exact) mass is 381 g/mol. The van der Waals surface area contributed by atoms with Crippen LogP contribution in [-0.2, 0) is 4.74 Å². The van der Waals surface area contributed by atoms with E-state index in [0.717, 1.165) is 17.4 Å². The van der Waals surface area contributed by atoms with Crippen LogP contribution in [-0.4, -0.2) is 39.5 Å². The summed E-state index contributed by atoms with van der Waals surface area (Å²) in [5.41, 5.74) is 5.33. The van der Waals surface area contributed by atoms with E-state index in [9.17, 15) is 24.5 Å². The first-order chi connectivity index (χ1) is 12.3. The van der Waals surface area contributed by atoms with Gasteiger partial charge in [0.15, 0.2) is 5.69 Å². The molecule has 0 aliphatic heterocycles. The number of carbonyl (C=O) groups excluding carboxylic acids is 3. The zero-order chi connectivity index (χ0) is 19.4. The molecule has 0 aliphatic rings. The molecule has 138 valence electrons. The van der Waals surface area contributed by atoms with Gasteiger partial charge >= 0.3 is 11.8 Å². The minimum Gasteiger partial charge on any atom is -0.462 e. The number of hydrogen-bond donors (Lipinski definition) is 3. The summed E-state index contributed by atoms with van der Waals surface area (Å²) in [4.78, 5) is 46.1. The van der Waals surface area contributed by atoms with Gasteiger partial charge in [-0.15, -0.1) is 16.4 Å². The van der Waals surface area contributed by atoms with E-state index >= 15 is 0 Å². The van der Waals surface area contributed by atoms with Crippen LogP contribution in [0.3, 0.4) is 0 Å². The largest absolute Gasteiger partial charge is 0.462 e. The van der Waals surface area contributed by atoms with Gasteiger partial charge in [-0.05, 0) is 23.8 Å². The molecule has 0 spiro atoms. The number of hydrogen-bond acceptors (Lipinski definition) is 8. The Morgan fingerprint density at radius 1 is 1.46 bits per heavy atom. The number of primary amides is 1. The maximum atomic E-state index is 12.3. The maximum absolute atomic E-state index is 12.3. The summed E-state index contributed by atoms with van der Waals surface area (Å²) in [6, 6.07) is 0.944. The fraction of sp³-hybridized carbons (Fsp3) is 0.286. The van der Waals surface area contributed by atoms with Crippen LogP contribution in [0.5, 0.6) is 0 Å². The van der Waals surface area contributed by atoms with Crippen LogP contribution in [0.4, 0.5) is 10.8 Å². The Morgan fingerprint density at radius 2 is 2.15 bits per heavy atom. The third-order valence-electron chi connectivity index (χ3n) is 3.23. The fourth-order valence-corrected chi connectivity index (χ4v) is 3.08. The van der Waals surface area contributed by atoms with Gasteiger partial charge in [-0.2, -0.15) is 0 Å². The van der Waals surface area contributed by atoms with Gasteiger partial charge in [0, 0.05) is 0 Å². The number of carbonyl (C=O) groups is 3. The molecule has 0 unspecified atom stereocenters. The number of ether oxygens (including phenoxy) is 1. The highest BCUT2D eigenvalue weighted by atomic mass is 32.1. The van der Waals surface area contributed by atoms with Crippen LogP contribution < -0.4 is 11.1 Å². The molecule has 11 nitrogen and oxygen atoms in total. The molecule has 2 rings (SSSR count). The van der Waals surface area contributed by atoms with Gasteiger partial charge in [0.2, 0.25) is 0 Å². The summed E-state index contributed by atoms with van der Waals surface area (Å²) in [5.74, 6) is -2.72. The van der Waals surface area contributed by atoms with Crippen LogP contribution >= 0.6 is 11.3 Å². The molecule has 0 saturated carbocycles. The number of aromatic amines is 1. The van der Waals surface area contributed by atoms with Crippen molar-refractivity contribution in [2.45, 2.75) is 20.3 Å². The molecule has 0 fully saturated rings. The van der Waals surface area contributed by atoms with Gasteiger partial charge in [-0.1, -0.05) is 12.0 Å². The van der Waals surface area contributed by atoms with E-state index in [2.05, 4.69) is 15.5 Å². The van der Waals surface area contributed by atoms with E-state index in [0.29, 0.717) is 6.42 Å². The number of H-pyrrole nitrogens is 1. The zero-order valence-corrected chi connectivity index (χ0v) is 14.6. The first kappa shape index (κ1) is 19.1. The number of nitrogens with two attached hydrogens (primary N) is 1. The molecule has 0 aromatic carbocycles. The lowest BCUT2D eigenvalue weighted by Crippen LogP contribution is -2.15. The predicted molar refractivity (Wildman–Crippen MR) is 91.3 cm³/mol. The van der Waals surface area contributed by atoms with Crippen molar-refractivity contribution >= 4 is 39.9 Å². The van der Waals surface area contributed by atoms with Crippen LogP contribution in [0.25, 0.3) is 0 Å². The molecule has 0 aliphatic carbocycles. The van der Waals surface area contributed by atoms with Crippen molar-refractivity contribution in [2.24, 2.45) is 5.73 Å². The maximum Gasteiger partial charge on any atom is 0.343 e. The lowest BCUT2D eigenvalue weighted by molar-refractivity contribution is -0.389. The number of amides is 2. The lowest BCUT2D eigenvalue weighted by atomic mass is 10.1. The summed E-state index contributed by atoms with van der Waals surface area (Å²) >= 11 is 0.813. The first-order valence-electron chi connectivity index (χ1n) is 7.37. The molecule has 0 atom stereocenters. The van der Waals surface area contributed by atoms with Crippen LogP contribution in [0.15, 0.2) is 6.07 Å². The average Bonchev–Trinajstić information content (AvgIpc) is 3.18. The second-order valence-electron chi connectivity index (χ2n) is 5.11. The van der Waals surface area contributed by atoms with E-state index < -0.39 is 28.5 Å². The molecule has 2 aromatic rings. The second-order valence-corrected chi connectivity index (χ2v) is 6.13. The van der Waals surface area contributed by atoms with E-state index in [1.807, 2.05) is 6.92 Å². The van der Waals surface area contributed by atoms with Gasteiger partial charge in [0.05, 0.1) is 23.1 Å². The minimum absolute atomic E-state index is 0.00985. The van der Waals surface area contributed by atoms with Crippen molar-refractivity contribution in [3.63, 3.8) is 0 Å². The van der Waals surface area contributed by atoms with Gasteiger partial charge in [-0.25, -0.2) is 4.79 Å². The predicted octanol–water partition coefficient (Wildman–Crippen LogP) is 1.61. The number of thiophene rings is 1. The van der Waals surface area contributed by atoms with Crippen molar-refractivity contribution in [2.75, 3.05) is 11.9 Å². The van der Waals surface area contributed by atoms with Crippen molar-refractivity contribution < 1.29 is 24.0 Å². The third-order valence-corrected chi connectivity index (χ3v) is 4.45. The van der Waals surface area contributed by atoms with Crippen molar-refractivity contribution in [3.8, 4) is 0 Å². The Balaban J connectivity index is 2.35. The summed E-state index contributed by atoms with van der Waals surface area (Å²) in [6.45, 7) is 3.49. The first-order valence-corrected chi connectivity index (χ1v) is 8.19. The Kier molecular flexibility index (Phi) is 5.67. The quantitative estimate of drug-likeness (QED) is 0.371. The van der Waals surface area contributed by atoms with Crippen molar-refractivity contribution in [3.05, 3.63) is 37.9 Å². The van der Waals surface area contributed by atoms with Crippen LogP contribution in [0, 0.1) is 17.0 Å². The Morgan fingerprint density at radius 3 is 2.69 bits per heavy atom. The van der Waals surface area contributed by atoms with Crippen LogP contribution in [0.1, 0.15) is 49.4 Å². The number of nitro groups is 1. The molecule has 0 radical (unpaired) electrons.